The van der Waals surface area contributed by atoms with E-state index in [0.29, 0.717) is 17.4 Å². The molecule has 7 heteroatoms. The Morgan fingerprint density at radius 3 is 2.42 bits per heavy atom. The van der Waals surface area contributed by atoms with Gasteiger partial charge in [-0.25, -0.2) is 0 Å². The number of benzene rings is 2. The molecule has 26 heavy (non-hydrogen) atoms. The first kappa shape index (κ1) is 18.4. The Kier molecular flexibility index (Phi) is 6.62. The summed E-state index contributed by atoms with van der Waals surface area (Å²) < 4.78 is 0.973. The first-order valence-electron chi connectivity index (χ1n) is 7.99. The van der Waals surface area contributed by atoms with Crippen molar-refractivity contribution in [2.45, 2.75) is 11.6 Å². The predicted molar refractivity (Wildman–Crippen MR) is 109 cm³/mol. The van der Waals surface area contributed by atoms with Crippen molar-refractivity contribution in [3.8, 4) is 0 Å². The summed E-state index contributed by atoms with van der Waals surface area (Å²) in [6.45, 7) is 0.692. The van der Waals surface area contributed by atoms with E-state index in [2.05, 4.69) is 48.9 Å². The van der Waals surface area contributed by atoms with E-state index < -0.39 is 0 Å². The van der Waals surface area contributed by atoms with Crippen molar-refractivity contribution in [1.29, 1.82) is 0 Å². The van der Waals surface area contributed by atoms with Crippen LogP contribution in [0.3, 0.4) is 0 Å². The summed E-state index contributed by atoms with van der Waals surface area (Å²) in [6, 6.07) is 21.3. The summed E-state index contributed by atoms with van der Waals surface area (Å²) in [7, 11) is 0. The molecule has 0 fully saturated rings. The summed E-state index contributed by atoms with van der Waals surface area (Å²) in [6.07, 6.45) is 0. The van der Waals surface area contributed by atoms with Crippen LogP contribution in [0.15, 0.2) is 76.2 Å². The van der Waals surface area contributed by atoms with Crippen LogP contribution in [0.5, 0.6) is 0 Å². The number of hydrogen-bond donors (Lipinski definition) is 2. The second kappa shape index (κ2) is 9.35. The van der Waals surface area contributed by atoms with Gasteiger partial charge in [-0.15, -0.1) is 10.2 Å². The standard InChI is InChI=1S/C19H17BrN4OS/c20-15-6-8-16(9-7-15)22-18(25)13-26-19-11-10-17(23-24-19)21-12-14-4-2-1-3-5-14/h1-11H,12-13H2,(H,21,23)(H,22,25). The fraction of sp³-hybridized carbons (Fsp3) is 0.105. The molecule has 0 unspecified atom stereocenters. The Balaban J connectivity index is 1.45. The average molecular weight is 429 g/mol. The van der Waals surface area contributed by atoms with Gasteiger partial charge in [-0.05, 0) is 42.0 Å². The topological polar surface area (TPSA) is 66.9 Å². The molecule has 0 saturated heterocycles. The van der Waals surface area contributed by atoms with E-state index in [0.717, 1.165) is 10.2 Å². The molecule has 132 valence electrons. The third-order valence-electron chi connectivity index (χ3n) is 3.44. The quantitative estimate of drug-likeness (QED) is 0.538. The molecule has 1 heterocycles. The Labute approximate surface area is 164 Å². The van der Waals surface area contributed by atoms with Crippen molar-refractivity contribution in [2.24, 2.45) is 0 Å². The van der Waals surface area contributed by atoms with Gasteiger partial charge >= 0.3 is 0 Å². The number of carbonyl (C=O) groups is 1. The Bertz CT molecular complexity index is 842. The maximum absolute atomic E-state index is 12.0. The van der Waals surface area contributed by atoms with Crippen molar-refractivity contribution in [1.82, 2.24) is 10.2 Å². The first-order chi connectivity index (χ1) is 12.7. The van der Waals surface area contributed by atoms with E-state index in [1.807, 2.05) is 54.6 Å². The van der Waals surface area contributed by atoms with E-state index in [-0.39, 0.29) is 11.7 Å². The fourth-order valence-corrected chi connectivity index (χ4v) is 3.03. The van der Waals surface area contributed by atoms with Crippen LogP contribution in [-0.2, 0) is 11.3 Å². The second-order valence-electron chi connectivity index (χ2n) is 5.44. The minimum absolute atomic E-state index is 0.0783. The minimum atomic E-state index is -0.0783. The lowest BCUT2D eigenvalue weighted by Crippen LogP contribution is -2.14. The molecule has 0 radical (unpaired) electrons. The number of anilines is 2. The minimum Gasteiger partial charge on any atom is -0.365 e. The highest BCUT2D eigenvalue weighted by atomic mass is 79.9. The molecule has 0 saturated carbocycles. The number of aromatic nitrogens is 2. The summed E-state index contributed by atoms with van der Waals surface area (Å²) >= 11 is 4.72. The smallest absolute Gasteiger partial charge is 0.234 e. The largest absolute Gasteiger partial charge is 0.365 e. The van der Waals surface area contributed by atoms with Crippen LogP contribution >= 0.6 is 27.7 Å². The van der Waals surface area contributed by atoms with Gasteiger partial charge in [0.2, 0.25) is 5.91 Å². The zero-order valence-corrected chi connectivity index (χ0v) is 16.3. The number of thioether (sulfide) groups is 1. The molecule has 1 amide bonds. The zero-order valence-electron chi connectivity index (χ0n) is 13.9. The molecule has 1 aromatic heterocycles. The van der Waals surface area contributed by atoms with E-state index in [4.69, 9.17) is 0 Å². The van der Waals surface area contributed by atoms with Gasteiger partial charge in [0.1, 0.15) is 10.8 Å². The van der Waals surface area contributed by atoms with E-state index in [1.54, 1.807) is 0 Å². The summed E-state index contributed by atoms with van der Waals surface area (Å²) in [5, 5.41) is 15.1. The van der Waals surface area contributed by atoms with Gasteiger partial charge in [0, 0.05) is 16.7 Å². The van der Waals surface area contributed by atoms with E-state index >= 15 is 0 Å². The number of rotatable bonds is 7. The third-order valence-corrected chi connectivity index (χ3v) is 4.88. The first-order valence-corrected chi connectivity index (χ1v) is 9.77. The van der Waals surface area contributed by atoms with Gasteiger partial charge < -0.3 is 10.6 Å². The van der Waals surface area contributed by atoms with Crippen molar-refractivity contribution < 1.29 is 4.79 Å². The Morgan fingerprint density at radius 2 is 1.73 bits per heavy atom. The second-order valence-corrected chi connectivity index (χ2v) is 7.35. The van der Waals surface area contributed by atoms with Crippen molar-refractivity contribution in [2.75, 3.05) is 16.4 Å². The lowest BCUT2D eigenvalue weighted by atomic mass is 10.2. The molecule has 0 aliphatic carbocycles. The van der Waals surface area contributed by atoms with Crippen LogP contribution in [0.4, 0.5) is 11.5 Å². The molecular formula is C19H17BrN4OS. The third kappa shape index (κ3) is 5.86. The van der Waals surface area contributed by atoms with Crippen LogP contribution in [-0.4, -0.2) is 21.9 Å². The summed E-state index contributed by atoms with van der Waals surface area (Å²) in [5.41, 5.74) is 1.95. The summed E-state index contributed by atoms with van der Waals surface area (Å²) in [4.78, 5) is 12.0. The van der Waals surface area contributed by atoms with Crippen LogP contribution in [0.1, 0.15) is 5.56 Å². The van der Waals surface area contributed by atoms with Crippen LogP contribution in [0.2, 0.25) is 0 Å². The van der Waals surface area contributed by atoms with Gasteiger partial charge in [-0.1, -0.05) is 58.0 Å². The molecule has 3 rings (SSSR count). The summed E-state index contributed by atoms with van der Waals surface area (Å²) in [5.74, 6) is 0.907. The van der Waals surface area contributed by atoms with Crippen molar-refractivity contribution in [3.63, 3.8) is 0 Å². The van der Waals surface area contributed by atoms with Gasteiger partial charge in [-0.3, -0.25) is 4.79 Å². The highest BCUT2D eigenvalue weighted by Crippen LogP contribution is 2.18. The molecule has 0 aliphatic rings. The molecule has 3 aromatic rings. The zero-order chi connectivity index (χ0) is 18.2. The maximum Gasteiger partial charge on any atom is 0.234 e. The SMILES string of the molecule is O=C(CSc1ccc(NCc2ccccc2)nn1)Nc1ccc(Br)cc1. The number of hydrogen-bond acceptors (Lipinski definition) is 5. The molecular weight excluding hydrogens is 412 g/mol. The van der Waals surface area contributed by atoms with Gasteiger partial charge in [0.25, 0.3) is 0 Å². The monoisotopic (exact) mass is 428 g/mol. The number of amides is 1. The van der Waals surface area contributed by atoms with Gasteiger partial charge in [-0.2, -0.15) is 0 Å². The van der Waals surface area contributed by atoms with Crippen molar-refractivity contribution >= 4 is 45.1 Å². The fourth-order valence-electron chi connectivity index (χ4n) is 2.15. The van der Waals surface area contributed by atoms with E-state index in [9.17, 15) is 4.79 Å². The molecule has 0 spiro atoms. The Hall–Kier alpha value is -2.38. The van der Waals surface area contributed by atoms with Crippen LogP contribution < -0.4 is 10.6 Å². The number of nitrogens with one attached hydrogen (secondary N) is 2. The number of halogens is 1. The average Bonchev–Trinajstić information content (AvgIpc) is 2.68. The van der Waals surface area contributed by atoms with Crippen LogP contribution in [0.25, 0.3) is 0 Å². The van der Waals surface area contributed by atoms with Crippen LogP contribution in [0, 0.1) is 0 Å². The highest BCUT2D eigenvalue weighted by molar-refractivity contribution is 9.10. The van der Waals surface area contributed by atoms with Gasteiger partial charge in [0.15, 0.2) is 0 Å². The maximum atomic E-state index is 12.0. The predicted octanol–water partition coefficient (Wildman–Crippen LogP) is 4.58. The highest BCUT2D eigenvalue weighted by Gasteiger charge is 2.05. The lowest BCUT2D eigenvalue weighted by Gasteiger charge is -2.06. The molecule has 0 aliphatic heterocycles. The molecule has 2 aromatic carbocycles. The number of nitrogens with zero attached hydrogens (tertiary/aromatic N) is 2. The molecule has 0 atom stereocenters. The van der Waals surface area contributed by atoms with E-state index in [1.165, 1.54) is 17.3 Å². The van der Waals surface area contributed by atoms with Gasteiger partial charge in [0.05, 0.1) is 5.75 Å². The Morgan fingerprint density at radius 1 is 0.962 bits per heavy atom. The normalized spacial score (nSPS) is 10.3. The molecule has 2 N–H and O–H groups in total. The van der Waals surface area contributed by atoms with Crippen molar-refractivity contribution in [3.05, 3.63) is 76.8 Å². The molecule has 5 nitrogen and oxygen atoms in total. The lowest BCUT2D eigenvalue weighted by molar-refractivity contribution is -0.113. The number of carbonyl (C=O) groups excluding carboxylic acids is 1. The molecule has 0 bridgehead atoms.